The van der Waals surface area contributed by atoms with E-state index in [2.05, 4.69) is 46.7 Å². The van der Waals surface area contributed by atoms with E-state index >= 15 is 0 Å². The largest absolute Gasteiger partial charge is 0.345 e. The quantitative estimate of drug-likeness (QED) is 0.577. The molecule has 0 unspecified atom stereocenters. The Bertz CT molecular complexity index is 448. The minimum Gasteiger partial charge on any atom is -0.345 e. The van der Waals surface area contributed by atoms with E-state index in [0.717, 1.165) is 13.1 Å². The summed E-state index contributed by atoms with van der Waals surface area (Å²) in [5.41, 5.74) is 4.05. The lowest BCUT2D eigenvalue weighted by Crippen LogP contribution is -2.14. The lowest BCUT2D eigenvalue weighted by atomic mass is 10.2. The molecule has 0 atom stereocenters. The fourth-order valence-electron chi connectivity index (χ4n) is 2.11. The maximum Gasteiger partial charge on any atom is 0.0651 e. The molecule has 0 amide bonds. The van der Waals surface area contributed by atoms with Crippen LogP contribution in [0.1, 0.15) is 5.56 Å². The van der Waals surface area contributed by atoms with Gasteiger partial charge in [0.15, 0.2) is 0 Å². The maximum atomic E-state index is 2.34. The summed E-state index contributed by atoms with van der Waals surface area (Å²) >= 11 is 0. The molecular weight excluding hydrogens is 160 g/mol. The van der Waals surface area contributed by atoms with Gasteiger partial charge >= 0.3 is 0 Å². The van der Waals surface area contributed by atoms with Crippen LogP contribution in [0.15, 0.2) is 30.6 Å². The van der Waals surface area contributed by atoms with E-state index in [1.165, 1.54) is 17.0 Å². The van der Waals surface area contributed by atoms with Crippen LogP contribution in [0.5, 0.6) is 0 Å². The van der Waals surface area contributed by atoms with Crippen molar-refractivity contribution in [2.24, 2.45) is 0 Å². The van der Waals surface area contributed by atoms with Crippen molar-refractivity contribution in [3.8, 4) is 11.4 Å². The van der Waals surface area contributed by atoms with Crippen molar-refractivity contribution in [3.63, 3.8) is 0 Å². The average Bonchev–Trinajstić information content (AvgIpc) is 2.65. The summed E-state index contributed by atoms with van der Waals surface area (Å²) in [7, 11) is 0. The molecule has 0 aromatic carbocycles. The van der Waals surface area contributed by atoms with E-state index in [-0.39, 0.29) is 0 Å². The van der Waals surface area contributed by atoms with Gasteiger partial charge in [0.2, 0.25) is 0 Å². The van der Waals surface area contributed by atoms with E-state index in [4.69, 9.17) is 0 Å². The number of aromatic nitrogens is 2. The van der Waals surface area contributed by atoms with Gasteiger partial charge in [-0.15, -0.1) is 0 Å². The van der Waals surface area contributed by atoms with Crippen molar-refractivity contribution in [3.05, 3.63) is 36.2 Å². The van der Waals surface area contributed by atoms with E-state index in [1.54, 1.807) is 0 Å². The molecule has 0 radical (unpaired) electrons. The summed E-state index contributed by atoms with van der Waals surface area (Å²) in [4.78, 5) is 0. The Labute approximate surface area is 77.4 Å². The zero-order valence-corrected chi connectivity index (χ0v) is 7.70. The number of nitrogens with zero attached hydrogens (tertiary/aromatic N) is 2. The molecule has 0 aliphatic carbocycles. The van der Waals surface area contributed by atoms with Gasteiger partial charge in [0.25, 0.3) is 0 Å². The number of rotatable bonds is 0. The topological polar surface area (TPSA) is 9.86 Å². The van der Waals surface area contributed by atoms with Crippen molar-refractivity contribution in [1.82, 2.24) is 9.13 Å². The van der Waals surface area contributed by atoms with Crippen LogP contribution < -0.4 is 0 Å². The summed E-state index contributed by atoms with van der Waals surface area (Å²) < 4.78 is 4.65. The van der Waals surface area contributed by atoms with E-state index < -0.39 is 0 Å². The Morgan fingerprint density at radius 1 is 1.15 bits per heavy atom. The molecule has 13 heavy (non-hydrogen) atoms. The summed E-state index contributed by atoms with van der Waals surface area (Å²) in [6.45, 7) is 4.35. The molecule has 0 bridgehead atoms. The molecule has 3 rings (SSSR count). The highest BCUT2D eigenvalue weighted by Gasteiger charge is 2.14. The molecule has 3 heterocycles. The van der Waals surface area contributed by atoms with Gasteiger partial charge in [-0.3, -0.25) is 0 Å². The van der Waals surface area contributed by atoms with Crippen LogP contribution in [0.4, 0.5) is 0 Å². The van der Waals surface area contributed by atoms with Gasteiger partial charge in [0.05, 0.1) is 11.4 Å². The first-order chi connectivity index (χ1) is 6.34. The molecule has 1 aliphatic rings. The van der Waals surface area contributed by atoms with Gasteiger partial charge in [-0.05, 0) is 30.7 Å². The van der Waals surface area contributed by atoms with Crippen LogP contribution in [0.25, 0.3) is 11.4 Å². The fourth-order valence-corrected chi connectivity index (χ4v) is 2.11. The molecule has 2 nitrogen and oxygen atoms in total. The van der Waals surface area contributed by atoms with Crippen molar-refractivity contribution in [2.75, 3.05) is 0 Å². The van der Waals surface area contributed by atoms with Gasteiger partial charge in [-0.25, -0.2) is 0 Å². The molecule has 0 fully saturated rings. The standard InChI is InChI=1S/C11H12N2/c1-9-7-11-10-3-2-4-12(10)5-6-13(11)8-9/h2-4,7-8H,5-6H2,1H3. The third-order valence-corrected chi connectivity index (χ3v) is 2.71. The first-order valence-electron chi connectivity index (χ1n) is 4.67. The Kier molecular flexibility index (Phi) is 1.23. The van der Waals surface area contributed by atoms with Gasteiger partial charge in [-0.2, -0.15) is 0 Å². The lowest BCUT2D eigenvalue weighted by molar-refractivity contribution is 0.560. The van der Waals surface area contributed by atoms with Gasteiger partial charge < -0.3 is 9.13 Å². The van der Waals surface area contributed by atoms with Gasteiger partial charge in [-0.1, -0.05) is 0 Å². The molecule has 1 aliphatic heterocycles. The second-order valence-electron chi connectivity index (χ2n) is 3.68. The minimum atomic E-state index is 1.10. The SMILES string of the molecule is Cc1cc2n(c1)CCn1cccc1-2. The predicted molar refractivity (Wildman–Crippen MR) is 52.6 cm³/mol. The average molecular weight is 172 g/mol. The Hall–Kier alpha value is -1.44. The molecule has 2 aromatic rings. The predicted octanol–water partition coefficient (Wildman–Crippen LogP) is 2.28. The Morgan fingerprint density at radius 2 is 2.00 bits per heavy atom. The molecule has 0 N–H and O–H groups in total. The highest BCUT2D eigenvalue weighted by Crippen LogP contribution is 2.26. The first-order valence-corrected chi connectivity index (χ1v) is 4.67. The number of hydrogen-bond acceptors (Lipinski definition) is 0. The molecule has 0 saturated carbocycles. The van der Waals surface area contributed by atoms with Crippen molar-refractivity contribution >= 4 is 0 Å². The summed E-state index contributed by atoms with van der Waals surface area (Å²) in [5, 5.41) is 0. The molecule has 0 saturated heterocycles. The highest BCUT2D eigenvalue weighted by atomic mass is 15.1. The third kappa shape index (κ3) is 0.886. The molecule has 66 valence electrons. The van der Waals surface area contributed by atoms with Crippen LogP contribution in [-0.4, -0.2) is 9.13 Å². The van der Waals surface area contributed by atoms with Crippen LogP contribution in [0.2, 0.25) is 0 Å². The number of fused-ring (bicyclic) bond motifs is 3. The Morgan fingerprint density at radius 3 is 2.92 bits per heavy atom. The fraction of sp³-hybridized carbons (Fsp3) is 0.273. The summed E-state index contributed by atoms with van der Waals surface area (Å²) in [6, 6.07) is 6.56. The van der Waals surface area contributed by atoms with Crippen molar-refractivity contribution in [2.45, 2.75) is 20.0 Å². The Balaban J connectivity index is 2.29. The zero-order chi connectivity index (χ0) is 8.84. The van der Waals surface area contributed by atoms with Crippen LogP contribution in [0.3, 0.4) is 0 Å². The molecule has 2 heteroatoms. The minimum absolute atomic E-state index is 1.10. The molecule has 0 spiro atoms. The van der Waals surface area contributed by atoms with Gasteiger partial charge in [0, 0.05) is 25.5 Å². The van der Waals surface area contributed by atoms with Crippen LogP contribution in [0, 0.1) is 6.92 Å². The van der Waals surface area contributed by atoms with E-state index in [0.29, 0.717) is 0 Å². The monoisotopic (exact) mass is 172 g/mol. The van der Waals surface area contributed by atoms with Crippen molar-refractivity contribution in [1.29, 1.82) is 0 Å². The zero-order valence-electron chi connectivity index (χ0n) is 7.70. The van der Waals surface area contributed by atoms with E-state index in [9.17, 15) is 0 Å². The molecular formula is C11H12N2. The molecule has 2 aromatic heterocycles. The lowest BCUT2D eigenvalue weighted by Gasteiger charge is -2.18. The van der Waals surface area contributed by atoms with Gasteiger partial charge in [0.1, 0.15) is 0 Å². The second kappa shape index (κ2) is 2.28. The normalized spacial score (nSPS) is 13.9. The smallest absolute Gasteiger partial charge is 0.0651 e. The third-order valence-electron chi connectivity index (χ3n) is 2.71. The van der Waals surface area contributed by atoms with Crippen molar-refractivity contribution < 1.29 is 0 Å². The summed E-state index contributed by atoms with van der Waals surface area (Å²) in [5.74, 6) is 0. The van der Waals surface area contributed by atoms with Crippen LogP contribution >= 0.6 is 0 Å². The second-order valence-corrected chi connectivity index (χ2v) is 3.68. The highest BCUT2D eigenvalue weighted by molar-refractivity contribution is 5.58. The first kappa shape index (κ1) is 7.01. The maximum absolute atomic E-state index is 2.34. The number of hydrogen-bond donors (Lipinski definition) is 0. The van der Waals surface area contributed by atoms with E-state index in [1.807, 2.05) is 0 Å². The number of aryl methyl sites for hydroxylation is 3. The summed E-state index contributed by atoms with van der Waals surface area (Å²) in [6.07, 6.45) is 4.38. The van der Waals surface area contributed by atoms with Crippen LogP contribution in [-0.2, 0) is 13.1 Å².